The summed E-state index contributed by atoms with van der Waals surface area (Å²) in [7, 11) is 0. The molecule has 0 radical (unpaired) electrons. The third kappa shape index (κ3) is 1.73. The highest BCUT2D eigenvalue weighted by Gasteiger charge is 2.01. The summed E-state index contributed by atoms with van der Waals surface area (Å²) in [5, 5.41) is 0. The van der Waals surface area contributed by atoms with E-state index < -0.39 is 0 Å². The van der Waals surface area contributed by atoms with Gasteiger partial charge in [-0.3, -0.25) is 0 Å². The van der Waals surface area contributed by atoms with Crippen LogP contribution >= 0.6 is 0 Å². The Labute approximate surface area is 72.7 Å². The van der Waals surface area contributed by atoms with Gasteiger partial charge in [0, 0.05) is 0 Å². The van der Waals surface area contributed by atoms with Gasteiger partial charge in [0.2, 0.25) is 0 Å². The lowest BCUT2D eigenvalue weighted by atomic mass is 10.0. The molecule has 0 fully saturated rings. The number of hydrogen-bond donors (Lipinski definition) is 0. The molecule has 0 aliphatic carbocycles. The van der Waals surface area contributed by atoms with Crippen molar-refractivity contribution in [3.8, 4) is 0 Å². The molecule has 0 aliphatic rings. The zero-order valence-electron chi connectivity index (χ0n) is 7.69. The van der Waals surface area contributed by atoms with Gasteiger partial charge >= 0.3 is 0 Å². The fraction of sp³-hybridized carbons (Fsp3) is 0.273. The standard InChI is InChI=1S/C11H13F/c1-4-5-10-6-8(2)7-11(12)9(10)3/h4-7H,1-3H3/b5-4-. The van der Waals surface area contributed by atoms with Crippen LogP contribution in [0.4, 0.5) is 4.39 Å². The molecule has 0 amide bonds. The van der Waals surface area contributed by atoms with Gasteiger partial charge in [-0.05, 0) is 43.5 Å². The second kappa shape index (κ2) is 3.53. The Morgan fingerprint density at radius 3 is 2.50 bits per heavy atom. The molecule has 0 aliphatic heterocycles. The first kappa shape index (κ1) is 8.98. The number of hydrogen-bond acceptors (Lipinski definition) is 0. The van der Waals surface area contributed by atoms with Crippen molar-refractivity contribution < 1.29 is 4.39 Å². The van der Waals surface area contributed by atoms with Gasteiger partial charge in [-0.25, -0.2) is 4.39 Å². The summed E-state index contributed by atoms with van der Waals surface area (Å²) in [5.41, 5.74) is 2.65. The zero-order valence-corrected chi connectivity index (χ0v) is 7.69. The monoisotopic (exact) mass is 164 g/mol. The molecule has 12 heavy (non-hydrogen) atoms. The average molecular weight is 164 g/mol. The largest absolute Gasteiger partial charge is 0.207 e. The van der Waals surface area contributed by atoms with E-state index in [4.69, 9.17) is 0 Å². The normalized spacial score (nSPS) is 11.0. The van der Waals surface area contributed by atoms with E-state index in [9.17, 15) is 4.39 Å². The molecular formula is C11H13F. The van der Waals surface area contributed by atoms with Gasteiger partial charge in [0.1, 0.15) is 5.82 Å². The number of benzene rings is 1. The third-order valence-corrected chi connectivity index (χ3v) is 1.88. The summed E-state index contributed by atoms with van der Waals surface area (Å²) < 4.78 is 13.1. The first-order chi connectivity index (χ1) is 5.65. The first-order valence-electron chi connectivity index (χ1n) is 4.04. The molecule has 0 spiro atoms. The fourth-order valence-corrected chi connectivity index (χ4v) is 1.19. The molecule has 0 saturated carbocycles. The van der Waals surface area contributed by atoms with Gasteiger partial charge in [-0.15, -0.1) is 0 Å². The van der Waals surface area contributed by atoms with Crippen LogP contribution in [0.5, 0.6) is 0 Å². The quantitative estimate of drug-likeness (QED) is 0.596. The lowest BCUT2D eigenvalue weighted by Crippen LogP contribution is -1.88. The maximum Gasteiger partial charge on any atom is 0.126 e. The van der Waals surface area contributed by atoms with E-state index in [0.29, 0.717) is 0 Å². The highest BCUT2D eigenvalue weighted by Crippen LogP contribution is 2.16. The van der Waals surface area contributed by atoms with Gasteiger partial charge in [0.25, 0.3) is 0 Å². The molecule has 0 nitrogen and oxygen atoms in total. The summed E-state index contributed by atoms with van der Waals surface area (Å²) in [4.78, 5) is 0. The minimum absolute atomic E-state index is 0.122. The van der Waals surface area contributed by atoms with Crippen LogP contribution in [0.25, 0.3) is 6.08 Å². The maximum absolute atomic E-state index is 13.1. The van der Waals surface area contributed by atoms with Crippen molar-refractivity contribution in [1.29, 1.82) is 0 Å². The highest BCUT2D eigenvalue weighted by atomic mass is 19.1. The third-order valence-electron chi connectivity index (χ3n) is 1.88. The molecule has 1 heteroatoms. The molecule has 0 bridgehead atoms. The Morgan fingerprint density at radius 2 is 1.92 bits per heavy atom. The molecule has 0 aromatic heterocycles. The van der Waals surface area contributed by atoms with E-state index in [2.05, 4.69) is 0 Å². The van der Waals surface area contributed by atoms with Gasteiger partial charge in [-0.2, -0.15) is 0 Å². The van der Waals surface area contributed by atoms with Crippen LogP contribution in [0.2, 0.25) is 0 Å². The van der Waals surface area contributed by atoms with Crippen LogP contribution in [-0.4, -0.2) is 0 Å². The number of aryl methyl sites for hydroxylation is 1. The van der Waals surface area contributed by atoms with Crippen molar-refractivity contribution in [2.45, 2.75) is 20.8 Å². The number of halogens is 1. The Hall–Kier alpha value is -1.11. The summed E-state index contributed by atoms with van der Waals surface area (Å²) in [6.45, 7) is 5.62. The Morgan fingerprint density at radius 1 is 1.25 bits per heavy atom. The molecule has 0 heterocycles. The summed E-state index contributed by atoms with van der Waals surface area (Å²) in [6, 6.07) is 3.54. The van der Waals surface area contributed by atoms with Gasteiger partial charge in [0.15, 0.2) is 0 Å². The average Bonchev–Trinajstić information content (AvgIpc) is 2.00. The second-order valence-electron chi connectivity index (χ2n) is 2.96. The summed E-state index contributed by atoms with van der Waals surface area (Å²) >= 11 is 0. The van der Waals surface area contributed by atoms with Crippen LogP contribution in [0.15, 0.2) is 18.2 Å². The van der Waals surface area contributed by atoms with Crippen LogP contribution in [0.1, 0.15) is 23.6 Å². The molecule has 1 aromatic carbocycles. The molecule has 0 saturated heterocycles. The topological polar surface area (TPSA) is 0 Å². The van der Waals surface area contributed by atoms with Crippen molar-refractivity contribution in [3.05, 3.63) is 40.7 Å². The maximum atomic E-state index is 13.1. The Bertz CT molecular complexity index is 311. The predicted molar refractivity (Wildman–Crippen MR) is 50.6 cm³/mol. The molecule has 0 unspecified atom stereocenters. The van der Waals surface area contributed by atoms with E-state index >= 15 is 0 Å². The second-order valence-corrected chi connectivity index (χ2v) is 2.96. The van der Waals surface area contributed by atoms with Crippen molar-refractivity contribution in [3.63, 3.8) is 0 Å². The van der Waals surface area contributed by atoms with E-state index in [-0.39, 0.29) is 5.82 Å². The summed E-state index contributed by atoms with van der Waals surface area (Å²) in [5.74, 6) is -0.122. The molecule has 64 valence electrons. The predicted octanol–water partition coefficient (Wildman–Crippen LogP) is 3.48. The van der Waals surface area contributed by atoms with Crippen molar-refractivity contribution in [2.75, 3.05) is 0 Å². The fourth-order valence-electron chi connectivity index (χ4n) is 1.19. The van der Waals surface area contributed by atoms with E-state index in [1.165, 1.54) is 0 Å². The smallest absolute Gasteiger partial charge is 0.126 e. The molecule has 1 aromatic rings. The van der Waals surface area contributed by atoms with E-state index in [1.807, 2.05) is 32.1 Å². The lowest BCUT2D eigenvalue weighted by molar-refractivity contribution is 0.617. The molecular weight excluding hydrogens is 151 g/mol. The van der Waals surface area contributed by atoms with E-state index in [1.54, 1.807) is 13.0 Å². The zero-order chi connectivity index (χ0) is 9.14. The van der Waals surface area contributed by atoms with Crippen molar-refractivity contribution in [1.82, 2.24) is 0 Å². The van der Waals surface area contributed by atoms with Gasteiger partial charge < -0.3 is 0 Å². The van der Waals surface area contributed by atoms with Gasteiger partial charge in [0.05, 0.1) is 0 Å². The Kier molecular flexibility index (Phi) is 2.64. The van der Waals surface area contributed by atoms with Crippen LogP contribution in [0, 0.1) is 19.7 Å². The summed E-state index contributed by atoms with van der Waals surface area (Å²) in [6.07, 6.45) is 3.84. The molecule has 0 N–H and O–H groups in total. The van der Waals surface area contributed by atoms with E-state index in [0.717, 1.165) is 16.7 Å². The SMILES string of the molecule is C/C=C\c1cc(C)cc(F)c1C. The van der Waals surface area contributed by atoms with Crippen LogP contribution in [0.3, 0.4) is 0 Å². The first-order valence-corrected chi connectivity index (χ1v) is 4.04. The molecule has 1 rings (SSSR count). The minimum Gasteiger partial charge on any atom is -0.207 e. The number of allylic oxidation sites excluding steroid dienone is 1. The van der Waals surface area contributed by atoms with Crippen molar-refractivity contribution in [2.24, 2.45) is 0 Å². The van der Waals surface area contributed by atoms with Gasteiger partial charge in [-0.1, -0.05) is 18.2 Å². The lowest BCUT2D eigenvalue weighted by Gasteiger charge is -2.03. The number of rotatable bonds is 1. The Balaban J connectivity index is 3.27. The van der Waals surface area contributed by atoms with Crippen molar-refractivity contribution >= 4 is 6.08 Å². The highest BCUT2D eigenvalue weighted by molar-refractivity contribution is 5.54. The molecule has 0 atom stereocenters. The van der Waals surface area contributed by atoms with Crippen LogP contribution in [-0.2, 0) is 0 Å². The van der Waals surface area contributed by atoms with Crippen LogP contribution < -0.4 is 0 Å². The minimum atomic E-state index is -0.122.